The Morgan fingerprint density at radius 2 is 2.00 bits per heavy atom. The highest BCUT2D eigenvalue weighted by Gasteiger charge is 2.33. The molecule has 0 radical (unpaired) electrons. The maximum Gasteiger partial charge on any atom is 0.573 e. The van der Waals surface area contributed by atoms with Crippen LogP contribution in [0, 0.1) is 11.3 Å². The van der Waals surface area contributed by atoms with Crippen LogP contribution in [0.1, 0.15) is 31.9 Å². The zero-order chi connectivity index (χ0) is 14.5. The number of nitriles is 1. The number of halogens is 3. The average molecular weight is 272 g/mol. The second kappa shape index (κ2) is 6.43. The Balaban J connectivity index is 3.01. The molecular formula is C13H15F3N2O. The largest absolute Gasteiger partial charge is 0.573 e. The molecule has 6 heteroatoms. The molecule has 0 saturated heterocycles. The molecule has 0 spiro atoms. The molecule has 0 aliphatic rings. The summed E-state index contributed by atoms with van der Waals surface area (Å²) in [5.41, 5.74) is 0.183. The summed E-state index contributed by atoms with van der Waals surface area (Å²) in [6.45, 7) is 3.78. The molecule has 1 N–H and O–H groups in total. The molecule has 0 fully saturated rings. The van der Waals surface area contributed by atoms with Crippen LogP contribution in [0.5, 0.6) is 5.75 Å². The lowest BCUT2D eigenvalue weighted by Gasteiger charge is -2.20. The zero-order valence-corrected chi connectivity index (χ0v) is 10.7. The van der Waals surface area contributed by atoms with Gasteiger partial charge in [-0.25, -0.2) is 0 Å². The highest BCUT2D eigenvalue weighted by Crippen LogP contribution is 2.30. The van der Waals surface area contributed by atoms with Crippen molar-refractivity contribution < 1.29 is 17.9 Å². The molecule has 0 aliphatic heterocycles. The Labute approximate surface area is 110 Å². The summed E-state index contributed by atoms with van der Waals surface area (Å²) in [7, 11) is 0. The van der Waals surface area contributed by atoms with E-state index in [-0.39, 0.29) is 17.4 Å². The number of nitrogens with zero attached hydrogens (tertiary/aromatic N) is 1. The molecule has 2 atom stereocenters. The van der Waals surface area contributed by atoms with E-state index in [1.165, 1.54) is 18.2 Å². The van der Waals surface area contributed by atoms with Gasteiger partial charge in [0, 0.05) is 11.6 Å². The first-order valence-corrected chi connectivity index (χ1v) is 5.87. The summed E-state index contributed by atoms with van der Waals surface area (Å²) in [5.74, 6) is -0.350. The van der Waals surface area contributed by atoms with Gasteiger partial charge in [0.05, 0.1) is 6.07 Å². The molecule has 3 nitrogen and oxygen atoms in total. The third kappa shape index (κ3) is 4.79. The molecule has 0 bridgehead atoms. The molecule has 0 heterocycles. The van der Waals surface area contributed by atoms with Crippen molar-refractivity contribution in [3.63, 3.8) is 0 Å². The molecular weight excluding hydrogens is 257 g/mol. The number of hydrogen-bond donors (Lipinski definition) is 1. The summed E-state index contributed by atoms with van der Waals surface area (Å²) in [5, 5.41) is 12.0. The fourth-order valence-corrected chi connectivity index (χ4v) is 1.54. The van der Waals surface area contributed by atoms with Gasteiger partial charge >= 0.3 is 6.36 Å². The Kier molecular flexibility index (Phi) is 5.19. The van der Waals surface area contributed by atoms with E-state index in [0.29, 0.717) is 0 Å². The predicted molar refractivity (Wildman–Crippen MR) is 64.4 cm³/mol. The van der Waals surface area contributed by atoms with Crippen molar-refractivity contribution in [2.24, 2.45) is 0 Å². The fraction of sp³-hybridized carbons (Fsp3) is 0.462. The van der Waals surface area contributed by atoms with E-state index in [4.69, 9.17) is 5.26 Å². The van der Waals surface area contributed by atoms with Crippen molar-refractivity contribution in [2.75, 3.05) is 0 Å². The van der Waals surface area contributed by atoms with Gasteiger partial charge in [-0.3, -0.25) is 5.32 Å². The lowest BCUT2D eigenvalue weighted by molar-refractivity contribution is -0.274. The van der Waals surface area contributed by atoms with Crippen LogP contribution in [-0.2, 0) is 0 Å². The van der Waals surface area contributed by atoms with Crippen molar-refractivity contribution in [3.05, 3.63) is 29.8 Å². The van der Waals surface area contributed by atoms with Gasteiger partial charge in [-0.2, -0.15) is 5.26 Å². The standard InChI is InChI=1S/C13H15F3N2O/c1-3-9(2)18-11(8-17)10-6-4-5-7-12(10)19-13(14,15)16/h4-7,9,11,18H,3H2,1-2H3. The number of hydrogen-bond acceptors (Lipinski definition) is 3. The summed E-state index contributed by atoms with van der Waals surface area (Å²) >= 11 is 0. The van der Waals surface area contributed by atoms with Crippen LogP contribution < -0.4 is 10.1 Å². The highest BCUT2D eigenvalue weighted by atomic mass is 19.4. The van der Waals surface area contributed by atoms with E-state index in [1.807, 2.05) is 19.9 Å². The number of alkyl halides is 3. The molecule has 1 rings (SSSR count). The van der Waals surface area contributed by atoms with Crippen LogP contribution in [0.2, 0.25) is 0 Å². The lowest BCUT2D eigenvalue weighted by atomic mass is 10.1. The van der Waals surface area contributed by atoms with Crippen LogP contribution >= 0.6 is 0 Å². The Hall–Kier alpha value is -1.74. The van der Waals surface area contributed by atoms with E-state index < -0.39 is 12.4 Å². The number of rotatable bonds is 5. The number of benzene rings is 1. The molecule has 2 unspecified atom stereocenters. The molecule has 104 valence electrons. The van der Waals surface area contributed by atoms with Crippen LogP contribution in [0.3, 0.4) is 0 Å². The second-order valence-electron chi connectivity index (χ2n) is 4.12. The molecule has 0 aliphatic carbocycles. The van der Waals surface area contributed by atoms with Gasteiger partial charge in [-0.15, -0.1) is 13.2 Å². The van der Waals surface area contributed by atoms with Gasteiger partial charge in [0.2, 0.25) is 0 Å². The van der Waals surface area contributed by atoms with Crippen LogP contribution in [0.25, 0.3) is 0 Å². The van der Waals surface area contributed by atoms with Gasteiger partial charge in [-0.05, 0) is 19.4 Å². The van der Waals surface area contributed by atoms with E-state index in [2.05, 4.69) is 10.1 Å². The quantitative estimate of drug-likeness (QED) is 0.891. The maximum absolute atomic E-state index is 12.3. The summed E-state index contributed by atoms with van der Waals surface area (Å²) in [4.78, 5) is 0. The van der Waals surface area contributed by atoms with E-state index in [0.717, 1.165) is 6.42 Å². The van der Waals surface area contributed by atoms with Crippen LogP contribution in [0.15, 0.2) is 24.3 Å². The Bertz CT molecular complexity index is 454. The summed E-state index contributed by atoms with van der Waals surface area (Å²) in [6.07, 6.45) is -4.01. The lowest BCUT2D eigenvalue weighted by Crippen LogP contribution is -2.30. The number of para-hydroxylation sites is 1. The monoisotopic (exact) mass is 272 g/mol. The predicted octanol–water partition coefficient (Wildman–Crippen LogP) is 3.54. The molecule has 0 aromatic heterocycles. The van der Waals surface area contributed by atoms with Crippen LogP contribution in [-0.4, -0.2) is 12.4 Å². The topological polar surface area (TPSA) is 45.0 Å². The van der Waals surface area contributed by atoms with Crippen molar-refractivity contribution in [1.82, 2.24) is 5.32 Å². The SMILES string of the molecule is CCC(C)NC(C#N)c1ccccc1OC(F)(F)F. The molecule has 0 saturated carbocycles. The number of nitrogens with one attached hydrogen (secondary N) is 1. The third-order valence-electron chi connectivity index (χ3n) is 2.65. The molecule has 19 heavy (non-hydrogen) atoms. The fourth-order valence-electron chi connectivity index (χ4n) is 1.54. The van der Waals surface area contributed by atoms with Gasteiger partial charge < -0.3 is 4.74 Å². The summed E-state index contributed by atoms with van der Waals surface area (Å²) < 4.78 is 40.8. The minimum Gasteiger partial charge on any atom is -0.405 e. The van der Waals surface area contributed by atoms with Gasteiger partial charge in [0.25, 0.3) is 0 Å². The smallest absolute Gasteiger partial charge is 0.405 e. The van der Waals surface area contributed by atoms with Crippen LogP contribution in [0.4, 0.5) is 13.2 Å². The first-order valence-electron chi connectivity index (χ1n) is 5.87. The van der Waals surface area contributed by atoms with E-state index in [1.54, 1.807) is 6.07 Å². The third-order valence-corrected chi connectivity index (χ3v) is 2.65. The zero-order valence-electron chi connectivity index (χ0n) is 10.7. The normalized spacial score (nSPS) is 14.5. The maximum atomic E-state index is 12.3. The molecule has 1 aromatic rings. The Morgan fingerprint density at radius 3 is 2.53 bits per heavy atom. The summed E-state index contributed by atoms with van der Waals surface area (Å²) in [6, 6.07) is 6.78. The minimum absolute atomic E-state index is 0.0172. The molecule has 1 aromatic carbocycles. The van der Waals surface area contributed by atoms with Crippen molar-refractivity contribution in [1.29, 1.82) is 5.26 Å². The van der Waals surface area contributed by atoms with Gasteiger partial charge in [0.1, 0.15) is 11.8 Å². The van der Waals surface area contributed by atoms with Gasteiger partial charge in [0.15, 0.2) is 0 Å². The number of ether oxygens (including phenoxy) is 1. The first kappa shape index (κ1) is 15.3. The van der Waals surface area contributed by atoms with E-state index in [9.17, 15) is 13.2 Å². The van der Waals surface area contributed by atoms with E-state index >= 15 is 0 Å². The van der Waals surface area contributed by atoms with Gasteiger partial charge in [-0.1, -0.05) is 25.1 Å². The second-order valence-corrected chi connectivity index (χ2v) is 4.12. The highest BCUT2D eigenvalue weighted by molar-refractivity contribution is 5.38. The van der Waals surface area contributed by atoms with Crippen molar-refractivity contribution in [2.45, 2.75) is 38.7 Å². The van der Waals surface area contributed by atoms with Crippen molar-refractivity contribution >= 4 is 0 Å². The first-order chi connectivity index (χ1) is 8.87. The Morgan fingerprint density at radius 1 is 1.37 bits per heavy atom. The average Bonchev–Trinajstić information content (AvgIpc) is 2.34. The van der Waals surface area contributed by atoms with Crippen molar-refractivity contribution in [3.8, 4) is 11.8 Å². The molecule has 0 amide bonds. The minimum atomic E-state index is -4.77.